The quantitative estimate of drug-likeness (QED) is 0.641. The molecule has 33 heavy (non-hydrogen) atoms. The van der Waals surface area contributed by atoms with Crippen LogP contribution in [0.1, 0.15) is 68.5 Å². The molecule has 0 radical (unpaired) electrons. The summed E-state index contributed by atoms with van der Waals surface area (Å²) in [6.45, 7) is 3.11. The zero-order valence-corrected chi connectivity index (χ0v) is 19.5. The van der Waals surface area contributed by atoms with Crippen molar-refractivity contribution in [2.45, 2.75) is 68.9 Å². The van der Waals surface area contributed by atoms with Crippen LogP contribution in [0.2, 0.25) is 0 Å². The molecule has 1 saturated heterocycles. The van der Waals surface area contributed by atoms with Gasteiger partial charge in [-0.25, -0.2) is 0 Å². The molecule has 1 spiro atoms. The Labute approximate surface area is 196 Å². The maximum atomic E-state index is 14.0. The van der Waals surface area contributed by atoms with Crippen molar-refractivity contribution in [1.82, 2.24) is 15.5 Å². The third kappa shape index (κ3) is 3.79. The van der Waals surface area contributed by atoms with E-state index in [-0.39, 0.29) is 17.7 Å². The van der Waals surface area contributed by atoms with Crippen LogP contribution in [-0.4, -0.2) is 54.1 Å². The second-order valence-electron chi connectivity index (χ2n) is 11.6. The van der Waals surface area contributed by atoms with Gasteiger partial charge < -0.3 is 15.7 Å². The second kappa shape index (κ2) is 8.38. The zero-order chi connectivity index (χ0) is 22.6. The first-order valence-corrected chi connectivity index (χ1v) is 13.1. The molecule has 6 heteroatoms. The molecule has 3 N–H and O–H groups in total. The zero-order valence-electron chi connectivity index (χ0n) is 19.5. The number of carbonyl (C=O) groups is 2. The summed E-state index contributed by atoms with van der Waals surface area (Å²) in [5.41, 5.74) is 2.40. The van der Waals surface area contributed by atoms with Gasteiger partial charge in [-0.3, -0.25) is 14.5 Å². The van der Waals surface area contributed by atoms with E-state index in [0.717, 1.165) is 49.9 Å². The number of benzene rings is 1. The molecule has 4 bridgehead atoms. The van der Waals surface area contributed by atoms with E-state index in [1.807, 2.05) is 6.07 Å². The second-order valence-corrected chi connectivity index (χ2v) is 11.6. The maximum Gasteiger partial charge on any atom is 0.304 e. The highest BCUT2D eigenvalue weighted by Gasteiger charge is 2.51. The van der Waals surface area contributed by atoms with Crippen LogP contribution in [0, 0.1) is 23.7 Å². The number of amides is 1. The molecule has 178 valence electrons. The molecule has 4 aliphatic carbocycles. The number of nitrogens with one attached hydrogen (secondary N) is 2. The molecule has 1 unspecified atom stereocenters. The van der Waals surface area contributed by atoms with Crippen molar-refractivity contribution >= 4 is 11.9 Å². The summed E-state index contributed by atoms with van der Waals surface area (Å²) >= 11 is 0. The Bertz CT molecular complexity index is 897. The van der Waals surface area contributed by atoms with Gasteiger partial charge >= 0.3 is 5.97 Å². The molecule has 7 rings (SSSR count). The Hall–Kier alpha value is -1.92. The molecular formula is C27H37N3O3. The number of rotatable bonds is 5. The topological polar surface area (TPSA) is 81.7 Å². The molecule has 1 aromatic carbocycles. The van der Waals surface area contributed by atoms with Gasteiger partial charge in [-0.1, -0.05) is 24.3 Å². The fourth-order valence-electron chi connectivity index (χ4n) is 8.47. The Kier molecular flexibility index (Phi) is 5.49. The first-order valence-electron chi connectivity index (χ1n) is 13.1. The summed E-state index contributed by atoms with van der Waals surface area (Å²) in [5, 5.41) is 16.4. The SMILES string of the molecule is O=C(O)CCN1CC2(CCNCC2)c2ccccc2C1C(=O)NC1C2CC3CC(C2)CC1C3. The lowest BCUT2D eigenvalue weighted by Crippen LogP contribution is -2.60. The number of carbonyl (C=O) groups excluding carboxylic acids is 1. The van der Waals surface area contributed by atoms with Crippen molar-refractivity contribution in [1.29, 1.82) is 0 Å². The molecule has 6 aliphatic rings. The Morgan fingerprint density at radius 3 is 2.36 bits per heavy atom. The number of hydrogen-bond donors (Lipinski definition) is 3. The van der Waals surface area contributed by atoms with E-state index in [1.54, 1.807) is 0 Å². The monoisotopic (exact) mass is 451 g/mol. The van der Waals surface area contributed by atoms with Crippen LogP contribution in [0.25, 0.3) is 0 Å². The third-order valence-corrected chi connectivity index (χ3v) is 9.66. The van der Waals surface area contributed by atoms with Gasteiger partial charge in [-0.05, 0) is 92.8 Å². The molecule has 5 fully saturated rings. The minimum Gasteiger partial charge on any atom is -0.481 e. The van der Waals surface area contributed by atoms with Gasteiger partial charge in [-0.2, -0.15) is 0 Å². The molecular weight excluding hydrogens is 414 g/mol. The van der Waals surface area contributed by atoms with Gasteiger partial charge in [0, 0.05) is 24.5 Å². The van der Waals surface area contributed by atoms with Crippen molar-refractivity contribution in [3.8, 4) is 0 Å². The maximum absolute atomic E-state index is 14.0. The van der Waals surface area contributed by atoms with Crippen LogP contribution in [0.15, 0.2) is 24.3 Å². The van der Waals surface area contributed by atoms with E-state index in [4.69, 9.17) is 0 Å². The van der Waals surface area contributed by atoms with Crippen molar-refractivity contribution in [3.05, 3.63) is 35.4 Å². The summed E-state index contributed by atoms with van der Waals surface area (Å²) in [6.07, 6.45) is 8.63. The predicted molar refractivity (Wildman–Crippen MR) is 126 cm³/mol. The van der Waals surface area contributed by atoms with Crippen LogP contribution in [-0.2, 0) is 15.0 Å². The Morgan fingerprint density at radius 2 is 1.70 bits per heavy atom. The fourth-order valence-corrected chi connectivity index (χ4v) is 8.47. The van der Waals surface area contributed by atoms with Gasteiger partial charge in [-0.15, -0.1) is 0 Å². The standard InChI is InChI=1S/C27H37N3O3/c31-23(32)5-10-30-16-27(6-8-28-9-7-27)22-4-2-1-3-21(22)25(30)26(33)29-24-19-12-17-11-18(14-19)15-20(24)13-17/h1-4,17-20,24-25,28H,5-16H2,(H,29,33)(H,31,32). The van der Waals surface area contributed by atoms with Crippen molar-refractivity contribution in [2.24, 2.45) is 23.7 Å². The van der Waals surface area contributed by atoms with Crippen LogP contribution in [0.3, 0.4) is 0 Å². The van der Waals surface area contributed by atoms with Crippen LogP contribution >= 0.6 is 0 Å². The third-order valence-electron chi connectivity index (χ3n) is 9.66. The molecule has 1 atom stereocenters. The highest BCUT2D eigenvalue weighted by Crippen LogP contribution is 2.54. The normalized spacial score (nSPS) is 36.5. The molecule has 1 aromatic rings. The van der Waals surface area contributed by atoms with Crippen LogP contribution in [0.5, 0.6) is 0 Å². The summed E-state index contributed by atoms with van der Waals surface area (Å²) in [4.78, 5) is 27.6. The summed E-state index contributed by atoms with van der Waals surface area (Å²) < 4.78 is 0. The highest BCUT2D eigenvalue weighted by molar-refractivity contribution is 5.84. The summed E-state index contributed by atoms with van der Waals surface area (Å²) in [5.74, 6) is 2.31. The van der Waals surface area contributed by atoms with E-state index in [1.165, 1.54) is 37.7 Å². The number of nitrogens with zero attached hydrogens (tertiary/aromatic N) is 1. The van der Waals surface area contributed by atoms with Gasteiger partial charge in [0.05, 0.1) is 6.42 Å². The predicted octanol–water partition coefficient (Wildman–Crippen LogP) is 3.08. The van der Waals surface area contributed by atoms with Gasteiger partial charge in [0.25, 0.3) is 0 Å². The van der Waals surface area contributed by atoms with Gasteiger partial charge in [0.2, 0.25) is 5.91 Å². The number of hydrogen-bond acceptors (Lipinski definition) is 4. The number of carboxylic acid groups (broad SMARTS) is 1. The average molecular weight is 452 g/mol. The minimum atomic E-state index is -0.798. The van der Waals surface area contributed by atoms with Crippen LogP contribution < -0.4 is 10.6 Å². The molecule has 6 nitrogen and oxygen atoms in total. The summed E-state index contributed by atoms with van der Waals surface area (Å²) in [7, 11) is 0. The van der Waals surface area contributed by atoms with E-state index in [2.05, 4.69) is 33.7 Å². The van der Waals surface area contributed by atoms with Crippen molar-refractivity contribution in [3.63, 3.8) is 0 Å². The Morgan fingerprint density at radius 1 is 1.03 bits per heavy atom. The first kappa shape index (κ1) is 21.6. The van der Waals surface area contributed by atoms with E-state index >= 15 is 0 Å². The number of carboxylic acids is 1. The van der Waals surface area contributed by atoms with E-state index in [9.17, 15) is 14.7 Å². The summed E-state index contributed by atoms with van der Waals surface area (Å²) in [6, 6.07) is 8.39. The largest absolute Gasteiger partial charge is 0.481 e. The molecule has 1 amide bonds. The van der Waals surface area contributed by atoms with E-state index in [0.29, 0.717) is 24.4 Å². The smallest absolute Gasteiger partial charge is 0.304 e. The molecule has 4 saturated carbocycles. The average Bonchev–Trinajstić information content (AvgIpc) is 2.80. The van der Waals surface area contributed by atoms with Crippen molar-refractivity contribution < 1.29 is 14.7 Å². The number of aliphatic carboxylic acids is 1. The fraction of sp³-hybridized carbons (Fsp3) is 0.704. The lowest BCUT2D eigenvalue weighted by molar-refractivity contribution is -0.139. The molecule has 2 aliphatic heterocycles. The Balaban J connectivity index is 1.31. The van der Waals surface area contributed by atoms with Gasteiger partial charge in [0.15, 0.2) is 0 Å². The van der Waals surface area contributed by atoms with E-state index < -0.39 is 12.0 Å². The minimum absolute atomic E-state index is 0.000248. The molecule has 0 aromatic heterocycles. The highest BCUT2D eigenvalue weighted by atomic mass is 16.4. The number of fused-ring (bicyclic) bond motifs is 2. The van der Waals surface area contributed by atoms with Crippen molar-refractivity contribution in [2.75, 3.05) is 26.2 Å². The lowest BCUT2D eigenvalue weighted by atomic mass is 9.54. The first-order chi connectivity index (χ1) is 16.0. The lowest BCUT2D eigenvalue weighted by Gasteiger charge is -2.55. The number of piperidine rings is 1. The molecule has 2 heterocycles. The van der Waals surface area contributed by atoms with Gasteiger partial charge in [0.1, 0.15) is 6.04 Å². The van der Waals surface area contributed by atoms with Crippen LogP contribution in [0.4, 0.5) is 0 Å².